The summed E-state index contributed by atoms with van der Waals surface area (Å²) in [7, 11) is -3.88. The number of halogens is 2. The van der Waals surface area contributed by atoms with Crippen molar-refractivity contribution in [2.24, 2.45) is 0 Å². The average molecular weight is 485 g/mol. The van der Waals surface area contributed by atoms with E-state index >= 15 is 0 Å². The smallest absolute Gasteiger partial charge is 0.264 e. The van der Waals surface area contributed by atoms with Gasteiger partial charge in [-0.1, -0.05) is 35.7 Å². The molecule has 0 amide bonds. The summed E-state index contributed by atoms with van der Waals surface area (Å²) in [5.41, 5.74) is 0.931. The summed E-state index contributed by atoms with van der Waals surface area (Å²) in [6.45, 7) is 4.82. The van der Waals surface area contributed by atoms with Crippen molar-refractivity contribution in [2.75, 3.05) is 23.9 Å². The largest absolute Gasteiger partial charge is 0.392 e. The van der Waals surface area contributed by atoms with Gasteiger partial charge in [-0.2, -0.15) is 0 Å². The molecule has 3 rings (SSSR count). The van der Waals surface area contributed by atoms with Crippen molar-refractivity contribution < 1.29 is 13.5 Å². The maximum atomic E-state index is 13.7. The summed E-state index contributed by atoms with van der Waals surface area (Å²) < 4.78 is 28.8. The molecule has 0 bridgehead atoms. The number of sulfonamides is 1. The molecular weight excluding hydrogens is 455 g/mol. The standard InChI is InChI=1S/C23H30Cl2N2O3S/c1-18(6-5-15-26-13-3-2-4-14-26)27(23-16-21(25)8-7-19(23)17-28)31(29,30)22-11-9-20(24)10-12-22/h7-12,16,18,28H,2-6,13-15,17H2,1H3/t18-/m1/s1. The zero-order chi connectivity index (χ0) is 22.4. The van der Waals surface area contributed by atoms with Gasteiger partial charge in [0.2, 0.25) is 0 Å². The average Bonchev–Trinajstić information content (AvgIpc) is 2.75. The van der Waals surface area contributed by atoms with E-state index in [1.54, 1.807) is 30.3 Å². The molecule has 1 aliphatic rings. The predicted molar refractivity (Wildman–Crippen MR) is 127 cm³/mol. The van der Waals surface area contributed by atoms with Gasteiger partial charge < -0.3 is 10.0 Å². The van der Waals surface area contributed by atoms with E-state index in [9.17, 15) is 13.5 Å². The summed E-state index contributed by atoms with van der Waals surface area (Å²) in [6.07, 6.45) is 5.34. The Balaban J connectivity index is 1.90. The lowest BCUT2D eigenvalue weighted by Crippen LogP contribution is -2.40. The van der Waals surface area contributed by atoms with Crippen LogP contribution >= 0.6 is 23.2 Å². The third-order valence-electron chi connectivity index (χ3n) is 5.77. The third kappa shape index (κ3) is 6.14. The Bertz CT molecular complexity index is 961. The zero-order valence-corrected chi connectivity index (χ0v) is 20.1. The number of benzene rings is 2. The Labute approximate surface area is 195 Å². The maximum absolute atomic E-state index is 13.7. The minimum atomic E-state index is -3.88. The first kappa shape index (κ1) is 24.3. The van der Waals surface area contributed by atoms with E-state index in [1.807, 2.05) is 6.92 Å². The normalized spacial score (nSPS) is 16.3. The number of likely N-dealkylation sites (tertiary alicyclic amines) is 1. The van der Waals surface area contributed by atoms with Crippen LogP contribution in [0.15, 0.2) is 47.4 Å². The molecule has 170 valence electrons. The quantitative estimate of drug-likeness (QED) is 0.521. The van der Waals surface area contributed by atoms with Crippen LogP contribution in [-0.2, 0) is 16.6 Å². The fourth-order valence-electron chi connectivity index (χ4n) is 4.11. The SMILES string of the molecule is C[C@H](CCCN1CCCCC1)N(c1cc(Cl)ccc1CO)S(=O)(=O)c1ccc(Cl)cc1. The van der Waals surface area contributed by atoms with Crippen molar-refractivity contribution in [3.05, 3.63) is 58.1 Å². The molecule has 0 aromatic heterocycles. The second kappa shape index (κ2) is 11.0. The van der Waals surface area contributed by atoms with Gasteiger partial charge in [-0.15, -0.1) is 0 Å². The van der Waals surface area contributed by atoms with Crippen LogP contribution in [0, 0.1) is 0 Å². The molecule has 1 saturated heterocycles. The van der Waals surface area contributed by atoms with Crippen LogP contribution in [0.5, 0.6) is 0 Å². The summed E-state index contributed by atoms with van der Waals surface area (Å²) in [6, 6.07) is 10.8. The van der Waals surface area contributed by atoms with Gasteiger partial charge in [0.15, 0.2) is 0 Å². The highest BCUT2D eigenvalue weighted by atomic mass is 35.5. The number of piperidine rings is 1. The number of aliphatic hydroxyl groups is 1. The topological polar surface area (TPSA) is 60.9 Å². The Morgan fingerprint density at radius 3 is 2.32 bits per heavy atom. The minimum absolute atomic E-state index is 0.156. The molecule has 2 aromatic rings. The van der Waals surface area contributed by atoms with Gasteiger partial charge in [0.25, 0.3) is 10.0 Å². The van der Waals surface area contributed by atoms with Gasteiger partial charge in [0, 0.05) is 21.7 Å². The Morgan fingerprint density at radius 2 is 1.68 bits per heavy atom. The van der Waals surface area contributed by atoms with Crippen molar-refractivity contribution in [1.29, 1.82) is 0 Å². The molecule has 8 heteroatoms. The summed E-state index contributed by atoms with van der Waals surface area (Å²) >= 11 is 12.2. The minimum Gasteiger partial charge on any atom is -0.392 e. The van der Waals surface area contributed by atoms with Gasteiger partial charge >= 0.3 is 0 Å². The first-order valence-electron chi connectivity index (χ1n) is 10.7. The number of rotatable bonds is 9. The molecule has 0 unspecified atom stereocenters. The zero-order valence-electron chi connectivity index (χ0n) is 17.8. The van der Waals surface area contributed by atoms with E-state index in [2.05, 4.69) is 4.90 Å². The predicted octanol–water partition coefficient (Wildman–Crippen LogP) is 5.34. The molecule has 1 heterocycles. The molecule has 1 aliphatic heterocycles. The second-order valence-electron chi connectivity index (χ2n) is 8.08. The number of hydrogen-bond donors (Lipinski definition) is 1. The van der Waals surface area contributed by atoms with Crippen molar-refractivity contribution >= 4 is 38.9 Å². The molecule has 5 nitrogen and oxygen atoms in total. The highest BCUT2D eigenvalue weighted by Crippen LogP contribution is 2.33. The Kier molecular flexibility index (Phi) is 8.65. The van der Waals surface area contributed by atoms with Gasteiger partial charge in [0.05, 0.1) is 17.2 Å². The van der Waals surface area contributed by atoms with Gasteiger partial charge in [-0.3, -0.25) is 4.31 Å². The molecule has 31 heavy (non-hydrogen) atoms. The Hall–Kier alpha value is -1.31. The number of hydrogen-bond acceptors (Lipinski definition) is 4. The van der Waals surface area contributed by atoms with Crippen LogP contribution in [-0.4, -0.2) is 44.1 Å². The van der Waals surface area contributed by atoms with E-state index in [0.29, 0.717) is 27.7 Å². The molecule has 0 aliphatic carbocycles. The number of anilines is 1. The van der Waals surface area contributed by atoms with Crippen molar-refractivity contribution in [2.45, 2.75) is 56.6 Å². The molecule has 0 spiro atoms. The first-order chi connectivity index (χ1) is 14.8. The van der Waals surface area contributed by atoms with E-state index < -0.39 is 10.0 Å². The van der Waals surface area contributed by atoms with Crippen LogP contribution < -0.4 is 4.31 Å². The highest BCUT2D eigenvalue weighted by Gasteiger charge is 2.31. The van der Waals surface area contributed by atoms with Crippen molar-refractivity contribution in [3.63, 3.8) is 0 Å². The summed E-state index contributed by atoms with van der Waals surface area (Å²) in [4.78, 5) is 2.61. The number of aliphatic hydroxyl groups excluding tert-OH is 1. The molecule has 1 fully saturated rings. The lowest BCUT2D eigenvalue weighted by molar-refractivity contribution is 0.223. The number of nitrogens with zero attached hydrogens (tertiary/aromatic N) is 2. The third-order valence-corrected chi connectivity index (χ3v) is 8.20. The van der Waals surface area contributed by atoms with E-state index in [4.69, 9.17) is 23.2 Å². The molecule has 1 atom stereocenters. The van der Waals surface area contributed by atoms with Gasteiger partial charge in [-0.25, -0.2) is 8.42 Å². The molecule has 1 N–H and O–H groups in total. The monoisotopic (exact) mass is 484 g/mol. The van der Waals surface area contributed by atoms with Crippen LogP contribution in [0.1, 0.15) is 44.6 Å². The van der Waals surface area contributed by atoms with Gasteiger partial charge in [0.1, 0.15) is 0 Å². The van der Waals surface area contributed by atoms with E-state index in [-0.39, 0.29) is 17.5 Å². The van der Waals surface area contributed by atoms with Crippen LogP contribution in [0.3, 0.4) is 0 Å². The molecule has 0 saturated carbocycles. The lowest BCUT2D eigenvalue weighted by Gasteiger charge is -2.33. The maximum Gasteiger partial charge on any atom is 0.264 e. The molecule has 2 aromatic carbocycles. The lowest BCUT2D eigenvalue weighted by atomic mass is 10.1. The fourth-order valence-corrected chi connectivity index (χ4v) is 6.12. The van der Waals surface area contributed by atoms with Crippen LogP contribution in [0.2, 0.25) is 10.0 Å². The van der Waals surface area contributed by atoms with Crippen LogP contribution in [0.25, 0.3) is 0 Å². The highest BCUT2D eigenvalue weighted by molar-refractivity contribution is 7.92. The molecular formula is C23H30Cl2N2O3S. The van der Waals surface area contributed by atoms with E-state index in [0.717, 1.165) is 26.1 Å². The summed E-state index contributed by atoms with van der Waals surface area (Å²) in [5.74, 6) is 0. The second-order valence-corrected chi connectivity index (χ2v) is 10.8. The van der Waals surface area contributed by atoms with Gasteiger partial charge in [-0.05, 0) is 88.6 Å². The molecule has 0 radical (unpaired) electrons. The summed E-state index contributed by atoms with van der Waals surface area (Å²) in [5, 5.41) is 10.8. The van der Waals surface area contributed by atoms with E-state index in [1.165, 1.54) is 35.7 Å². The van der Waals surface area contributed by atoms with Crippen molar-refractivity contribution in [1.82, 2.24) is 4.90 Å². The first-order valence-corrected chi connectivity index (χ1v) is 12.9. The Morgan fingerprint density at radius 1 is 1.03 bits per heavy atom. The van der Waals surface area contributed by atoms with Crippen molar-refractivity contribution in [3.8, 4) is 0 Å². The fraction of sp³-hybridized carbons (Fsp3) is 0.478. The van der Waals surface area contributed by atoms with Crippen LogP contribution in [0.4, 0.5) is 5.69 Å².